The largest absolute Gasteiger partial charge is 0.497 e. The van der Waals surface area contributed by atoms with Gasteiger partial charge in [-0.3, -0.25) is 0 Å². The third-order valence-electron chi connectivity index (χ3n) is 6.08. The highest BCUT2D eigenvalue weighted by atomic mass is 79.9. The highest BCUT2D eigenvalue weighted by Crippen LogP contribution is 2.39. The lowest BCUT2D eigenvalue weighted by Crippen LogP contribution is -2.50. The maximum Gasteiger partial charge on any atom is 0.329 e. The van der Waals surface area contributed by atoms with Crippen LogP contribution in [0, 0.1) is 5.92 Å². The molecule has 0 saturated heterocycles. The first-order valence-electron chi connectivity index (χ1n) is 11.6. The van der Waals surface area contributed by atoms with E-state index in [2.05, 4.69) is 52.0 Å². The molecule has 2 aromatic carbocycles. The Labute approximate surface area is 200 Å². The molecule has 4 nitrogen and oxygen atoms in total. The number of carbonyl (C=O) groups is 1. The minimum atomic E-state index is -0.357. The maximum absolute atomic E-state index is 13.3. The van der Waals surface area contributed by atoms with Crippen molar-refractivity contribution in [3.63, 3.8) is 0 Å². The van der Waals surface area contributed by atoms with Gasteiger partial charge in [-0.2, -0.15) is 0 Å². The molecule has 1 aliphatic rings. The van der Waals surface area contributed by atoms with Gasteiger partial charge in [0.2, 0.25) is 0 Å². The van der Waals surface area contributed by atoms with Crippen LogP contribution in [0.1, 0.15) is 51.5 Å². The Balaban J connectivity index is 2.01. The van der Waals surface area contributed by atoms with E-state index in [0.717, 1.165) is 28.8 Å². The van der Waals surface area contributed by atoms with E-state index in [4.69, 9.17) is 9.47 Å². The Kier molecular flexibility index (Phi) is 9.22. The number of hydrogen-bond donors (Lipinski definition) is 0. The smallest absolute Gasteiger partial charge is 0.329 e. The van der Waals surface area contributed by atoms with Crippen molar-refractivity contribution in [3.8, 4) is 5.75 Å². The Morgan fingerprint density at radius 1 is 1.09 bits per heavy atom. The molecular weight excluding hydrogens is 466 g/mol. The van der Waals surface area contributed by atoms with Crippen molar-refractivity contribution in [2.45, 2.75) is 52.0 Å². The summed E-state index contributed by atoms with van der Waals surface area (Å²) in [5.41, 5.74) is 3.42. The molecule has 32 heavy (non-hydrogen) atoms. The SMILES string of the molecule is CCCCCCC1C(c2cccc(Br)c2)=CCN(c2ccc(OC)cc2)C1C(=O)OCC. The van der Waals surface area contributed by atoms with Gasteiger partial charge < -0.3 is 14.4 Å². The average molecular weight is 500 g/mol. The first kappa shape index (κ1) is 24.4. The molecule has 5 heteroatoms. The van der Waals surface area contributed by atoms with E-state index in [9.17, 15) is 4.79 Å². The summed E-state index contributed by atoms with van der Waals surface area (Å²) in [5.74, 6) is 0.723. The normalized spacial score (nSPS) is 18.2. The standard InChI is InChI=1S/C27H34BrNO3/c1-4-6-7-8-12-25-24(20-10-9-11-21(28)19-20)17-18-29(26(25)27(30)32-5-2)22-13-15-23(31-3)16-14-22/h9-11,13-17,19,25-26H,4-8,12,18H2,1-3H3. The number of anilines is 1. The molecule has 2 atom stereocenters. The Morgan fingerprint density at radius 3 is 2.53 bits per heavy atom. The van der Waals surface area contributed by atoms with Gasteiger partial charge in [0.15, 0.2) is 0 Å². The predicted molar refractivity (Wildman–Crippen MR) is 135 cm³/mol. The molecule has 0 aromatic heterocycles. The van der Waals surface area contributed by atoms with Crippen LogP contribution in [0.15, 0.2) is 59.1 Å². The molecule has 0 saturated carbocycles. The molecule has 0 radical (unpaired) electrons. The van der Waals surface area contributed by atoms with Crippen molar-refractivity contribution in [1.29, 1.82) is 0 Å². The molecule has 3 rings (SSSR count). The van der Waals surface area contributed by atoms with Gasteiger partial charge >= 0.3 is 5.97 Å². The number of carbonyl (C=O) groups excluding carboxylic acids is 1. The van der Waals surface area contributed by atoms with E-state index in [0.29, 0.717) is 13.2 Å². The highest BCUT2D eigenvalue weighted by molar-refractivity contribution is 9.10. The first-order chi connectivity index (χ1) is 15.6. The summed E-state index contributed by atoms with van der Waals surface area (Å²) in [4.78, 5) is 15.5. The lowest BCUT2D eigenvalue weighted by molar-refractivity contribution is -0.145. The van der Waals surface area contributed by atoms with Gasteiger partial charge in [-0.15, -0.1) is 0 Å². The van der Waals surface area contributed by atoms with E-state index < -0.39 is 0 Å². The van der Waals surface area contributed by atoms with Crippen LogP contribution in [0.4, 0.5) is 5.69 Å². The molecule has 0 bridgehead atoms. The summed E-state index contributed by atoms with van der Waals surface area (Å²) in [7, 11) is 1.66. The Morgan fingerprint density at radius 2 is 1.88 bits per heavy atom. The Bertz CT molecular complexity index is 909. The van der Waals surface area contributed by atoms with Crippen LogP contribution in [0.5, 0.6) is 5.75 Å². The fourth-order valence-corrected chi connectivity index (χ4v) is 4.91. The lowest BCUT2D eigenvalue weighted by Gasteiger charge is -2.41. The Hall–Kier alpha value is -2.27. The van der Waals surface area contributed by atoms with Crippen LogP contribution >= 0.6 is 15.9 Å². The number of ether oxygens (including phenoxy) is 2. The second-order valence-electron chi connectivity index (χ2n) is 8.17. The number of esters is 1. The molecule has 0 spiro atoms. The zero-order chi connectivity index (χ0) is 22.9. The van der Waals surface area contributed by atoms with Crippen LogP contribution in [0.2, 0.25) is 0 Å². The third kappa shape index (κ3) is 5.94. The van der Waals surface area contributed by atoms with Gasteiger partial charge in [-0.25, -0.2) is 4.79 Å². The van der Waals surface area contributed by atoms with Gasteiger partial charge in [0.1, 0.15) is 11.8 Å². The molecule has 172 valence electrons. The summed E-state index contributed by atoms with van der Waals surface area (Å²) < 4.78 is 12.0. The van der Waals surface area contributed by atoms with Gasteiger partial charge in [-0.05, 0) is 60.9 Å². The van der Waals surface area contributed by atoms with Crippen LogP contribution in [-0.2, 0) is 9.53 Å². The predicted octanol–water partition coefficient (Wildman–Crippen LogP) is 6.88. The summed E-state index contributed by atoms with van der Waals surface area (Å²) in [6.07, 6.45) is 7.92. The molecule has 0 amide bonds. The van der Waals surface area contributed by atoms with Gasteiger partial charge in [0.05, 0.1) is 13.7 Å². The lowest BCUT2D eigenvalue weighted by atomic mass is 9.79. The zero-order valence-corrected chi connectivity index (χ0v) is 20.9. The van der Waals surface area contributed by atoms with E-state index in [-0.39, 0.29) is 17.9 Å². The number of methoxy groups -OCH3 is 1. The van der Waals surface area contributed by atoms with Crippen molar-refractivity contribution in [1.82, 2.24) is 0 Å². The summed E-state index contributed by atoms with van der Waals surface area (Å²) >= 11 is 3.61. The monoisotopic (exact) mass is 499 g/mol. The van der Waals surface area contributed by atoms with E-state index >= 15 is 0 Å². The van der Waals surface area contributed by atoms with Crippen LogP contribution in [0.3, 0.4) is 0 Å². The number of rotatable bonds is 10. The molecule has 0 fully saturated rings. The minimum Gasteiger partial charge on any atom is -0.497 e. The number of nitrogens with zero attached hydrogens (tertiary/aromatic N) is 1. The van der Waals surface area contributed by atoms with E-state index in [1.54, 1.807) is 7.11 Å². The van der Waals surface area contributed by atoms with Crippen molar-refractivity contribution in [2.24, 2.45) is 5.92 Å². The minimum absolute atomic E-state index is 0.0658. The van der Waals surface area contributed by atoms with Crippen LogP contribution in [0.25, 0.3) is 5.57 Å². The van der Waals surface area contributed by atoms with Crippen molar-refractivity contribution in [3.05, 3.63) is 64.6 Å². The topological polar surface area (TPSA) is 38.8 Å². The molecule has 0 N–H and O–H groups in total. The molecule has 2 unspecified atom stereocenters. The average Bonchev–Trinajstić information content (AvgIpc) is 2.81. The molecule has 2 aromatic rings. The van der Waals surface area contributed by atoms with E-state index in [1.807, 2.05) is 37.3 Å². The van der Waals surface area contributed by atoms with Crippen molar-refractivity contribution < 1.29 is 14.3 Å². The van der Waals surface area contributed by atoms with Crippen molar-refractivity contribution >= 4 is 33.2 Å². The number of halogens is 1. The maximum atomic E-state index is 13.3. The fourth-order valence-electron chi connectivity index (χ4n) is 4.51. The summed E-state index contributed by atoms with van der Waals surface area (Å²) in [6.45, 7) is 5.13. The van der Waals surface area contributed by atoms with E-state index in [1.165, 1.54) is 30.4 Å². The molecule has 1 aliphatic heterocycles. The fraction of sp³-hybridized carbons (Fsp3) is 0.444. The second-order valence-corrected chi connectivity index (χ2v) is 9.09. The molecule has 0 aliphatic carbocycles. The van der Waals surface area contributed by atoms with Gasteiger partial charge in [0, 0.05) is 22.6 Å². The second kappa shape index (κ2) is 12.1. The third-order valence-corrected chi connectivity index (χ3v) is 6.58. The highest BCUT2D eigenvalue weighted by Gasteiger charge is 2.39. The molecule has 1 heterocycles. The number of benzene rings is 2. The van der Waals surface area contributed by atoms with Crippen molar-refractivity contribution in [2.75, 3.05) is 25.2 Å². The summed E-state index contributed by atoms with van der Waals surface area (Å²) in [6, 6.07) is 16.0. The summed E-state index contributed by atoms with van der Waals surface area (Å²) in [5, 5.41) is 0. The number of hydrogen-bond acceptors (Lipinski definition) is 4. The van der Waals surface area contributed by atoms with Gasteiger partial charge in [-0.1, -0.05) is 66.7 Å². The quantitative estimate of drug-likeness (QED) is 0.263. The zero-order valence-electron chi connectivity index (χ0n) is 19.4. The molecular formula is C27H34BrNO3. The van der Waals surface area contributed by atoms with Crippen LogP contribution in [-0.4, -0.2) is 32.3 Å². The van der Waals surface area contributed by atoms with Crippen LogP contribution < -0.4 is 9.64 Å². The first-order valence-corrected chi connectivity index (χ1v) is 12.4. The number of unbranched alkanes of at least 4 members (excludes halogenated alkanes) is 3. The van der Waals surface area contributed by atoms with Gasteiger partial charge in [0.25, 0.3) is 0 Å².